The molecule has 0 unspecified atom stereocenters. The Morgan fingerprint density at radius 3 is 2.14 bits per heavy atom. The first-order valence-corrected chi connectivity index (χ1v) is 9.67. The molecule has 0 saturated heterocycles. The van der Waals surface area contributed by atoms with Gasteiger partial charge in [-0.1, -0.05) is 11.6 Å². The number of halogens is 2. The van der Waals surface area contributed by atoms with Crippen molar-refractivity contribution in [1.82, 2.24) is 9.88 Å². The highest BCUT2D eigenvalue weighted by Crippen LogP contribution is 2.36. The standard InChI is InChI=1S/C22H22ClFN2O3/c1-11-5-13(21-16(24)9-15(23)10-25-21)6-12(2)19(11)20-17(27)7-14(8-18(20)28)22(29)26(3)4/h5-6,9-10,14,20H,7-8H2,1-4H3. The molecule has 1 aromatic heterocycles. The fourth-order valence-electron chi connectivity index (χ4n) is 4.03. The third kappa shape index (κ3) is 4.08. The molecule has 1 aliphatic carbocycles. The van der Waals surface area contributed by atoms with Gasteiger partial charge in [0.1, 0.15) is 23.2 Å². The van der Waals surface area contributed by atoms with Crippen LogP contribution in [-0.4, -0.2) is 41.5 Å². The molecule has 0 spiro atoms. The van der Waals surface area contributed by atoms with Crippen LogP contribution in [0.3, 0.4) is 0 Å². The van der Waals surface area contributed by atoms with Crippen molar-refractivity contribution in [1.29, 1.82) is 0 Å². The molecule has 1 aliphatic rings. The Labute approximate surface area is 173 Å². The molecule has 0 atom stereocenters. The summed E-state index contributed by atoms with van der Waals surface area (Å²) < 4.78 is 14.3. The molecule has 1 heterocycles. The Hall–Kier alpha value is -2.60. The van der Waals surface area contributed by atoms with E-state index in [2.05, 4.69) is 4.98 Å². The van der Waals surface area contributed by atoms with E-state index >= 15 is 0 Å². The van der Waals surface area contributed by atoms with Gasteiger partial charge in [-0.2, -0.15) is 0 Å². The highest BCUT2D eigenvalue weighted by molar-refractivity contribution is 6.30. The van der Waals surface area contributed by atoms with Gasteiger partial charge in [0.05, 0.1) is 10.9 Å². The number of nitrogens with zero attached hydrogens (tertiary/aromatic N) is 2. The van der Waals surface area contributed by atoms with Crippen LogP contribution in [0.5, 0.6) is 0 Å². The van der Waals surface area contributed by atoms with Crippen LogP contribution in [0.4, 0.5) is 4.39 Å². The number of amides is 1. The van der Waals surface area contributed by atoms with E-state index in [-0.39, 0.29) is 41.0 Å². The second-order valence-corrected chi connectivity index (χ2v) is 8.15. The molecule has 0 aliphatic heterocycles. The summed E-state index contributed by atoms with van der Waals surface area (Å²) in [6.45, 7) is 3.58. The Kier molecular flexibility index (Phi) is 5.85. The average molecular weight is 417 g/mol. The van der Waals surface area contributed by atoms with E-state index in [4.69, 9.17) is 11.6 Å². The molecular weight excluding hydrogens is 395 g/mol. The number of pyridine rings is 1. The van der Waals surface area contributed by atoms with Gasteiger partial charge in [0, 0.05) is 38.7 Å². The molecule has 0 radical (unpaired) electrons. The number of benzene rings is 1. The first-order chi connectivity index (χ1) is 13.6. The summed E-state index contributed by atoms with van der Waals surface area (Å²) in [6, 6.07) is 4.64. The molecular formula is C22H22ClFN2O3. The van der Waals surface area contributed by atoms with Gasteiger partial charge in [0.15, 0.2) is 5.82 Å². The zero-order valence-electron chi connectivity index (χ0n) is 16.8. The van der Waals surface area contributed by atoms with E-state index < -0.39 is 17.7 Å². The van der Waals surface area contributed by atoms with Crippen molar-refractivity contribution in [2.45, 2.75) is 32.6 Å². The van der Waals surface area contributed by atoms with Gasteiger partial charge in [-0.25, -0.2) is 4.39 Å². The summed E-state index contributed by atoms with van der Waals surface area (Å²) in [5, 5.41) is 0.205. The fourth-order valence-corrected chi connectivity index (χ4v) is 4.17. The Bertz CT molecular complexity index is 978. The van der Waals surface area contributed by atoms with Gasteiger partial charge in [-0.3, -0.25) is 19.4 Å². The van der Waals surface area contributed by atoms with Crippen LogP contribution in [0.15, 0.2) is 24.4 Å². The molecule has 0 N–H and O–H groups in total. The lowest BCUT2D eigenvalue weighted by Crippen LogP contribution is -2.40. The molecule has 2 aromatic rings. The molecule has 1 saturated carbocycles. The minimum absolute atomic E-state index is 0.0431. The third-order valence-electron chi connectivity index (χ3n) is 5.29. The van der Waals surface area contributed by atoms with Gasteiger partial charge in [-0.05, 0) is 48.7 Å². The highest BCUT2D eigenvalue weighted by Gasteiger charge is 2.40. The minimum atomic E-state index is -0.890. The lowest BCUT2D eigenvalue weighted by Gasteiger charge is -2.29. The lowest BCUT2D eigenvalue weighted by atomic mass is 9.74. The molecule has 7 heteroatoms. The number of hydrogen-bond donors (Lipinski definition) is 0. The van der Waals surface area contributed by atoms with E-state index in [0.29, 0.717) is 22.3 Å². The summed E-state index contributed by atoms with van der Waals surface area (Å²) in [6.07, 6.45) is 1.46. The van der Waals surface area contributed by atoms with Crippen LogP contribution >= 0.6 is 11.6 Å². The van der Waals surface area contributed by atoms with Gasteiger partial charge >= 0.3 is 0 Å². The van der Waals surface area contributed by atoms with E-state index in [0.717, 1.165) is 0 Å². The maximum Gasteiger partial charge on any atom is 0.226 e. The van der Waals surface area contributed by atoms with Crippen molar-refractivity contribution in [2.75, 3.05) is 14.1 Å². The van der Waals surface area contributed by atoms with Crippen LogP contribution in [0.25, 0.3) is 11.3 Å². The molecule has 1 aromatic carbocycles. The predicted molar refractivity (Wildman–Crippen MR) is 108 cm³/mol. The second-order valence-electron chi connectivity index (χ2n) is 7.71. The monoisotopic (exact) mass is 416 g/mol. The average Bonchev–Trinajstić information content (AvgIpc) is 2.62. The number of hydrogen-bond acceptors (Lipinski definition) is 4. The minimum Gasteiger partial charge on any atom is -0.349 e. The SMILES string of the molecule is Cc1cc(-c2ncc(Cl)cc2F)cc(C)c1C1C(=O)CC(C(=O)N(C)C)CC1=O. The Morgan fingerprint density at radius 2 is 1.66 bits per heavy atom. The van der Waals surface area contributed by atoms with E-state index in [9.17, 15) is 18.8 Å². The smallest absolute Gasteiger partial charge is 0.226 e. The highest BCUT2D eigenvalue weighted by atomic mass is 35.5. The van der Waals surface area contributed by atoms with Crippen molar-refractivity contribution in [3.8, 4) is 11.3 Å². The second kappa shape index (κ2) is 8.03. The lowest BCUT2D eigenvalue weighted by molar-refractivity contribution is -0.143. The summed E-state index contributed by atoms with van der Waals surface area (Å²) in [7, 11) is 3.22. The number of ketones is 2. The number of aromatic nitrogens is 1. The normalized spacial score (nSPS) is 19.4. The van der Waals surface area contributed by atoms with Gasteiger partial charge in [0.25, 0.3) is 0 Å². The maximum atomic E-state index is 14.3. The van der Waals surface area contributed by atoms with Crippen molar-refractivity contribution in [3.63, 3.8) is 0 Å². The Morgan fingerprint density at radius 1 is 1.10 bits per heavy atom. The molecule has 5 nitrogen and oxygen atoms in total. The van der Waals surface area contributed by atoms with E-state index in [1.54, 1.807) is 40.1 Å². The van der Waals surface area contributed by atoms with Gasteiger partial charge < -0.3 is 4.90 Å². The Balaban J connectivity index is 1.97. The number of aryl methyl sites for hydroxylation is 2. The van der Waals surface area contributed by atoms with Crippen LogP contribution < -0.4 is 0 Å². The van der Waals surface area contributed by atoms with Crippen molar-refractivity contribution in [2.24, 2.45) is 5.92 Å². The van der Waals surface area contributed by atoms with E-state index in [1.165, 1.54) is 17.2 Å². The molecule has 1 amide bonds. The first kappa shape index (κ1) is 21.1. The molecule has 1 fully saturated rings. The van der Waals surface area contributed by atoms with Crippen LogP contribution in [0.1, 0.15) is 35.4 Å². The number of carbonyl (C=O) groups excluding carboxylic acids is 3. The fraction of sp³-hybridized carbons (Fsp3) is 0.364. The number of carbonyl (C=O) groups is 3. The molecule has 0 bridgehead atoms. The predicted octanol–water partition coefficient (Wildman–Crippen LogP) is 3.88. The van der Waals surface area contributed by atoms with Crippen LogP contribution in [-0.2, 0) is 14.4 Å². The molecule has 3 rings (SSSR count). The van der Waals surface area contributed by atoms with Crippen LogP contribution in [0.2, 0.25) is 5.02 Å². The van der Waals surface area contributed by atoms with Gasteiger partial charge in [0.2, 0.25) is 5.91 Å². The molecule has 152 valence electrons. The topological polar surface area (TPSA) is 67.3 Å². The summed E-state index contributed by atoms with van der Waals surface area (Å²) in [5.41, 5.74) is 2.76. The van der Waals surface area contributed by atoms with Crippen LogP contribution in [0, 0.1) is 25.6 Å². The van der Waals surface area contributed by atoms with Crippen molar-refractivity contribution in [3.05, 3.63) is 51.9 Å². The largest absolute Gasteiger partial charge is 0.349 e. The van der Waals surface area contributed by atoms with Crippen molar-refractivity contribution < 1.29 is 18.8 Å². The quantitative estimate of drug-likeness (QED) is 0.712. The third-order valence-corrected chi connectivity index (χ3v) is 5.50. The maximum absolute atomic E-state index is 14.3. The number of rotatable bonds is 3. The first-order valence-electron chi connectivity index (χ1n) is 9.29. The number of Topliss-reactive ketones (excluding diaryl/α,β-unsaturated/α-hetero) is 2. The molecule has 29 heavy (non-hydrogen) atoms. The van der Waals surface area contributed by atoms with Crippen molar-refractivity contribution >= 4 is 29.1 Å². The summed E-state index contributed by atoms with van der Waals surface area (Å²) in [4.78, 5) is 43.3. The zero-order chi connectivity index (χ0) is 21.5. The summed E-state index contributed by atoms with van der Waals surface area (Å²) in [5.74, 6) is -2.75. The zero-order valence-corrected chi connectivity index (χ0v) is 17.5. The van der Waals surface area contributed by atoms with Gasteiger partial charge in [-0.15, -0.1) is 0 Å². The van der Waals surface area contributed by atoms with E-state index in [1.807, 2.05) is 0 Å². The summed E-state index contributed by atoms with van der Waals surface area (Å²) >= 11 is 5.77.